The van der Waals surface area contributed by atoms with Crippen molar-refractivity contribution in [3.05, 3.63) is 127 Å². The summed E-state index contributed by atoms with van der Waals surface area (Å²) >= 11 is 0. The quantitative estimate of drug-likeness (QED) is 0.364. The van der Waals surface area contributed by atoms with Gasteiger partial charge in [-0.15, -0.1) is 0 Å². The van der Waals surface area contributed by atoms with Gasteiger partial charge in [-0.3, -0.25) is 4.40 Å². The first-order valence-corrected chi connectivity index (χ1v) is 10.4. The Labute approximate surface area is 180 Å². The van der Waals surface area contributed by atoms with E-state index in [1.165, 1.54) is 27.6 Å². The van der Waals surface area contributed by atoms with Crippen molar-refractivity contribution in [3.63, 3.8) is 0 Å². The van der Waals surface area contributed by atoms with Crippen LogP contribution in [0.4, 0.5) is 0 Å². The molecular weight excluding hydrogens is 380 g/mol. The van der Waals surface area contributed by atoms with Crippen molar-refractivity contribution < 1.29 is 0 Å². The van der Waals surface area contributed by atoms with Crippen molar-refractivity contribution in [1.29, 1.82) is 0 Å². The molecule has 6 rings (SSSR count). The predicted octanol–water partition coefficient (Wildman–Crippen LogP) is 5.99. The standard InChI is InChI=1S/C27H20N4/c1-3-7-20(8-4-1)23-18-26-29-14-16-31(26)25-12-11-22(17-24(23)25)27(30-15-13-28-19-30)21-9-5-2-6-10-21/h1-19,27H. The third-order valence-electron chi connectivity index (χ3n) is 5.85. The molecule has 0 saturated heterocycles. The molecule has 4 heteroatoms. The van der Waals surface area contributed by atoms with Crippen LogP contribution in [0.2, 0.25) is 0 Å². The van der Waals surface area contributed by atoms with Crippen LogP contribution in [0.25, 0.3) is 27.7 Å². The van der Waals surface area contributed by atoms with E-state index in [1.807, 2.05) is 31.1 Å². The van der Waals surface area contributed by atoms with Crippen LogP contribution >= 0.6 is 0 Å². The van der Waals surface area contributed by atoms with Gasteiger partial charge in [-0.05, 0) is 40.5 Å². The first kappa shape index (κ1) is 17.7. The molecule has 1 unspecified atom stereocenters. The van der Waals surface area contributed by atoms with Crippen molar-refractivity contribution >= 4 is 16.6 Å². The summed E-state index contributed by atoms with van der Waals surface area (Å²) in [4.78, 5) is 8.86. The van der Waals surface area contributed by atoms with E-state index >= 15 is 0 Å². The summed E-state index contributed by atoms with van der Waals surface area (Å²) in [5.41, 5.74) is 6.92. The number of pyridine rings is 1. The lowest BCUT2D eigenvalue weighted by molar-refractivity contribution is 0.677. The van der Waals surface area contributed by atoms with E-state index in [0.717, 1.165) is 11.2 Å². The van der Waals surface area contributed by atoms with E-state index in [1.54, 1.807) is 0 Å². The van der Waals surface area contributed by atoms with E-state index in [0.29, 0.717) is 0 Å². The Balaban J connectivity index is 1.64. The molecule has 0 radical (unpaired) electrons. The fourth-order valence-electron chi connectivity index (χ4n) is 4.43. The Hall–Kier alpha value is -4.18. The van der Waals surface area contributed by atoms with Crippen molar-refractivity contribution in [2.45, 2.75) is 6.04 Å². The fraction of sp³-hybridized carbons (Fsp3) is 0.0370. The second-order valence-corrected chi connectivity index (χ2v) is 7.68. The van der Waals surface area contributed by atoms with Crippen LogP contribution in [0.5, 0.6) is 0 Å². The largest absolute Gasteiger partial charge is 0.326 e. The third kappa shape index (κ3) is 3.01. The lowest BCUT2D eigenvalue weighted by Crippen LogP contribution is -2.10. The normalized spacial score (nSPS) is 12.4. The number of rotatable bonds is 4. The van der Waals surface area contributed by atoms with E-state index in [9.17, 15) is 0 Å². The first-order valence-electron chi connectivity index (χ1n) is 10.4. The van der Waals surface area contributed by atoms with Gasteiger partial charge in [0.2, 0.25) is 0 Å². The van der Waals surface area contributed by atoms with E-state index < -0.39 is 0 Å². The minimum Gasteiger partial charge on any atom is -0.326 e. The van der Waals surface area contributed by atoms with Crippen LogP contribution in [0.3, 0.4) is 0 Å². The number of hydrogen-bond acceptors (Lipinski definition) is 2. The molecule has 4 nitrogen and oxygen atoms in total. The maximum absolute atomic E-state index is 4.55. The van der Waals surface area contributed by atoms with Crippen molar-refractivity contribution in [3.8, 4) is 11.1 Å². The van der Waals surface area contributed by atoms with Gasteiger partial charge in [0.1, 0.15) is 5.65 Å². The summed E-state index contributed by atoms with van der Waals surface area (Å²) in [6.45, 7) is 0. The number of imidazole rings is 2. The predicted molar refractivity (Wildman–Crippen MR) is 124 cm³/mol. The molecule has 0 amide bonds. The monoisotopic (exact) mass is 400 g/mol. The highest BCUT2D eigenvalue weighted by atomic mass is 15.1. The molecule has 148 valence electrons. The maximum Gasteiger partial charge on any atom is 0.137 e. The molecule has 1 atom stereocenters. The Morgan fingerprint density at radius 3 is 2.29 bits per heavy atom. The van der Waals surface area contributed by atoms with Gasteiger partial charge in [0.15, 0.2) is 0 Å². The Morgan fingerprint density at radius 2 is 1.52 bits per heavy atom. The van der Waals surface area contributed by atoms with Crippen LogP contribution in [-0.4, -0.2) is 18.9 Å². The molecule has 0 bridgehead atoms. The zero-order valence-electron chi connectivity index (χ0n) is 16.8. The Kier molecular flexibility index (Phi) is 4.13. The molecule has 3 aromatic carbocycles. The average Bonchev–Trinajstić information content (AvgIpc) is 3.52. The van der Waals surface area contributed by atoms with Crippen LogP contribution in [-0.2, 0) is 0 Å². The zero-order valence-corrected chi connectivity index (χ0v) is 16.8. The highest BCUT2D eigenvalue weighted by Crippen LogP contribution is 2.34. The molecule has 0 aliphatic heterocycles. The highest BCUT2D eigenvalue weighted by molar-refractivity contribution is 5.97. The lowest BCUT2D eigenvalue weighted by Gasteiger charge is -2.21. The van der Waals surface area contributed by atoms with Crippen LogP contribution in [0.1, 0.15) is 17.2 Å². The van der Waals surface area contributed by atoms with Crippen molar-refractivity contribution in [2.24, 2.45) is 0 Å². The van der Waals surface area contributed by atoms with Crippen LogP contribution < -0.4 is 0 Å². The second-order valence-electron chi connectivity index (χ2n) is 7.68. The van der Waals surface area contributed by atoms with Gasteiger partial charge in [0, 0.05) is 30.2 Å². The van der Waals surface area contributed by atoms with E-state index in [4.69, 9.17) is 0 Å². The van der Waals surface area contributed by atoms with Gasteiger partial charge in [0.25, 0.3) is 0 Å². The van der Waals surface area contributed by atoms with E-state index in [2.05, 4.69) is 104 Å². The maximum atomic E-state index is 4.55. The lowest BCUT2D eigenvalue weighted by atomic mass is 9.94. The van der Waals surface area contributed by atoms with Gasteiger partial charge in [0.05, 0.1) is 17.9 Å². The average molecular weight is 400 g/mol. The number of benzene rings is 3. The summed E-state index contributed by atoms with van der Waals surface area (Å²) in [6.07, 6.45) is 9.63. The first-order chi connectivity index (χ1) is 15.4. The number of aromatic nitrogens is 4. The Bertz CT molecular complexity index is 1470. The topological polar surface area (TPSA) is 35.1 Å². The van der Waals surface area contributed by atoms with Crippen LogP contribution in [0.15, 0.2) is 116 Å². The van der Waals surface area contributed by atoms with Crippen LogP contribution in [0, 0.1) is 0 Å². The fourth-order valence-corrected chi connectivity index (χ4v) is 4.43. The molecule has 0 aliphatic carbocycles. The molecule has 6 aromatic rings. The number of nitrogens with zero attached hydrogens (tertiary/aromatic N) is 4. The Morgan fingerprint density at radius 1 is 0.710 bits per heavy atom. The zero-order chi connectivity index (χ0) is 20.6. The van der Waals surface area contributed by atoms with Gasteiger partial charge < -0.3 is 4.57 Å². The summed E-state index contributed by atoms with van der Waals surface area (Å²) in [7, 11) is 0. The molecule has 0 saturated carbocycles. The van der Waals surface area contributed by atoms with Gasteiger partial charge in [-0.25, -0.2) is 9.97 Å². The number of hydrogen-bond donors (Lipinski definition) is 0. The van der Waals surface area contributed by atoms with E-state index in [-0.39, 0.29) is 6.04 Å². The van der Waals surface area contributed by atoms with Crippen molar-refractivity contribution in [2.75, 3.05) is 0 Å². The minimum atomic E-state index is 0.0511. The summed E-state index contributed by atoms with van der Waals surface area (Å²) in [5, 5.41) is 1.20. The number of fused-ring (bicyclic) bond motifs is 3. The minimum absolute atomic E-state index is 0.0511. The third-order valence-corrected chi connectivity index (χ3v) is 5.85. The molecular formula is C27H20N4. The molecule has 0 aliphatic rings. The molecule has 0 fully saturated rings. The second kappa shape index (κ2) is 7.26. The van der Waals surface area contributed by atoms with Gasteiger partial charge >= 0.3 is 0 Å². The SMILES string of the molecule is c1ccc(-c2cc3nccn3c3ccc(C(c4ccccc4)n4ccnc4)cc23)cc1. The highest BCUT2D eigenvalue weighted by Gasteiger charge is 2.18. The van der Waals surface area contributed by atoms with Gasteiger partial charge in [-0.2, -0.15) is 0 Å². The molecule has 3 heterocycles. The van der Waals surface area contributed by atoms with Gasteiger partial charge in [-0.1, -0.05) is 66.7 Å². The smallest absolute Gasteiger partial charge is 0.137 e. The summed E-state index contributed by atoms with van der Waals surface area (Å²) in [5.74, 6) is 0. The summed E-state index contributed by atoms with van der Waals surface area (Å²) in [6, 6.07) is 30.1. The van der Waals surface area contributed by atoms with Crippen molar-refractivity contribution in [1.82, 2.24) is 18.9 Å². The summed E-state index contributed by atoms with van der Waals surface area (Å²) < 4.78 is 4.31. The molecule has 31 heavy (non-hydrogen) atoms. The molecule has 0 spiro atoms. The molecule has 3 aromatic heterocycles. The molecule has 0 N–H and O–H groups in total.